The van der Waals surface area contributed by atoms with Gasteiger partial charge in [0.15, 0.2) is 0 Å². The summed E-state index contributed by atoms with van der Waals surface area (Å²) in [6, 6.07) is 10.2. The smallest absolute Gasteiger partial charge is 0.363 e. The summed E-state index contributed by atoms with van der Waals surface area (Å²) in [6.07, 6.45) is 4.64. The van der Waals surface area contributed by atoms with Crippen LogP contribution in [0, 0.1) is 12.7 Å². The van der Waals surface area contributed by atoms with E-state index in [1.54, 1.807) is 25.1 Å². The third kappa shape index (κ3) is 7.49. The average Bonchev–Trinajstić information content (AvgIpc) is 3.14. The Labute approximate surface area is 224 Å². The van der Waals surface area contributed by atoms with E-state index < -0.39 is 17.9 Å². The van der Waals surface area contributed by atoms with Crippen LogP contribution in [0.15, 0.2) is 65.3 Å². The molecule has 1 aliphatic heterocycles. The standard InChI is InChI=1S/C25H25F4N3.C6H14/c1-15-17(11-8-13-21(15)26)16(2)30-24-19-10-4-3-5-14-22(19)31-23(32-24)18-9-6-7-12-20(18)25(27,28)29;1-3-5-6-4-2/h6-9,11-13,23,31H,2-5,10,14H2,1H3,(H,30,32);3-6H2,1-2H3. The predicted octanol–water partition coefficient (Wildman–Crippen LogP) is 9.22. The van der Waals surface area contributed by atoms with Gasteiger partial charge in [-0.2, -0.15) is 13.2 Å². The second kappa shape index (κ2) is 13.6. The minimum Gasteiger partial charge on any atom is -0.363 e. The molecular weight excluding hydrogens is 490 g/mol. The molecule has 0 fully saturated rings. The van der Waals surface area contributed by atoms with Gasteiger partial charge in [0, 0.05) is 28.1 Å². The van der Waals surface area contributed by atoms with Gasteiger partial charge < -0.3 is 10.6 Å². The summed E-state index contributed by atoms with van der Waals surface area (Å²) in [4.78, 5) is 4.65. The van der Waals surface area contributed by atoms with E-state index in [0.717, 1.165) is 49.4 Å². The van der Waals surface area contributed by atoms with Crippen molar-refractivity contribution in [1.29, 1.82) is 0 Å². The maximum absolute atomic E-state index is 14.1. The predicted molar refractivity (Wildman–Crippen MR) is 148 cm³/mol. The second-order valence-corrected chi connectivity index (χ2v) is 9.85. The Balaban J connectivity index is 0.000000599. The summed E-state index contributed by atoms with van der Waals surface area (Å²) in [6.45, 7) is 10.2. The third-order valence-electron chi connectivity index (χ3n) is 6.95. The van der Waals surface area contributed by atoms with E-state index in [0.29, 0.717) is 22.7 Å². The molecule has 0 aromatic heterocycles. The van der Waals surface area contributed by atoms with E-state index in [1.807, 2.05) is 0 Å². The highest BCUT2D eigenvalue weighted by Crippen LogP contribution is 2.38. The molecule has 1 heterocycles. The minimum absolute atomic E-state index is 0.0719. The van der Waals surface area contributed by atoms with E-state index in [-0.39, 0.29) is 11.4 Å². The zero-order chi connectivity index (χ0) is 27.7. The van der Waals surface area contributed by atoms with Gasteiger partial charge in [-0.05, 0) is 50.3 Å². The van der Waals surface area contributed by atoms with Gasteiger partial charge in [0.1, 0.15) is 17.8 Å². The van der Waals surface area contributed by atoms with Crippen LogP contribution in [0.5, 0.6) is 0 Å². The first-order chi connectivity index (χ1) is 18.2. The van der Waals surface area contributed by atoms with Gasteiger partial charge in [-0.25, -0.2) is 9.38 Å². The molecule has 0 saturated carbocycles. The van der Waals surface area contributed by atoms with Crippen molar-refractivity contribution in [3.05, 3.63) is 88.4 Å². The average molecular weight is 530 g/mol. The highest BCUT2D eigenvalue weighted by Gasteiger charge is 2.36. The van der Waals surface area contributed by atoms with Crippen molar-refractivity contribution >= 4 is 11.5 Å². The van der Waals surface area contributed by atoms with Crippen molar-refractivity contribution in [2.75, 3.05) is 0 Å². The number of aliphatic imine (C=N–C) groups is 1. The molecule has 1 atom stereocenters. The molecule has 2 aromatic carbocycles. The molecule has 0 amide bonds. The molecule has 2 N–H and O–H groups in total. The molecule has 2 aliphatic rings. The van der Waals surface area contributed by atoms with Crippen LogP contribution in [0.3, 0.4) is 0 Å². The lowest BCUT2D eigenvalue weighted by atomic mass is 9.99. The normalized spacial score (nSPS) is 17.3. The number of nitrogens with one attached hydrogen (secondary N) is 2. The third-order valence-corrected chi connectivity index (χ3v) is 6.95. The number of alkyl halides is 3. The SMILES string of the molecule is C=C(NC1=NC(c2ccccc2C(F)(F)F)NC2=C1CCCCC2)c1cccc(F)c1C.CCCCCC. The Bertz CT molecular complexity index is 1160. The van der Waals surface area contributed by atoms with Gasteiger partial charge in [-0.3, -0.25) is 0 Å². The van der Waals surface area contributed by atoms with Gasteiger partial charge >= 0.3 is 6.18 Å². The number of nitrogens with zero attached hydrogens (tertiary/aromatic N) is 1. The first-order valence-electron chi connectivity index (χ1n) is 13.6. The van der Waals surface area contributed by atoms with Gasteiger partial charge in [0.25, 0.3) is 0 Å². The Hall–Kier alpha value is -3.09. The summed E-state index contributed by atoms with van der Waals surface area (Å²) < 4.78 is 55.0. The van der Waals surface area contributed by atoms with Crippen LogP contribution in [0.4, 0.5) is 17.6 Å². The van der Waals surface area contributed by atoms with Crippen molar-refractivity contribution in [3.63, 3.8) is 0 Å². The Morgan fingerprint density at radius 3 is 2.37 bits per heavy atom. The summed E-state index contributed by atoms with van der Waals surface area (Å²) in [5, 5.41) is 6.45. The first-order valence-corrected chi connectivity index (χ1v) is 13.6. The van der Waals surface area contributed by atoms with Crippen LogP contribution in [-0.2, 0) is 6.18 Å². The topological polar surface area (TPSA) is 36.4 Å². The maximum Gasteiger partial charge on any atom is 0.416 e. The fourth-order valence-corrected chi connectivity index (χ4v) is 4.80. The molecule has 1 unspecified atom stereocenters. The van der Waals surface area contributed by atoms with Crippen LogP contribution < -0.4 is 10.6 Å². The zero-order valence-corrected chi connectivity index (χ0v) is 22.6. The van der Waals surface area contributed by atoms with Crippen LogP contribution in [0.2, 0.25) is 0 Å². The van der Waals surface area contributed by atoms with E-state index in [2.05, 4.69) is 36.1 Å². The lowest BCUT2D eigenvalue weighted by molar-refractivity contribution is -0.138. The molecule has 38 heavy (non-hydrogen) atoms. The van der Waals surface area contributed by atoms with Crippen molar-refractivity contribution in [1.82, 2.24) is 10.6 Å². The highest BCUT2D eigenvalue weighted by molar-refractivity contribution is 6.04. The van der Waals surface area contributed by atoms with Gasteiger partial charge in [0.05, 0.1) is 5.56 Å². The number of rotatable bonds is 6. The van der Waals surface area contributed by atoms with Gasteiger partial charge in [-0.1, -0.05) is 82.9 Å². The van der Waals surface area contributed by atoms with Crippen LogP contribution in [-0.4, -0.2) is 5.84 Å². The number of unbranched alkanes of at least 4 members (excludes halogenated alkanes) is 3. The quantitative estimate of drug-likeness (QED) is 0.289. The maximum atomic E-state index is 14.1. The first kappa shape index (κ1) is 29.5. The number of hydrogen-bond donors (Lipinski definition) is 2. The fourth-order valence-electron chi connectivity index (χ4n) is 4.80. The molecule has 3 nitrogen and oxygen atoms in total. The molecule has 0 spiro atoms. The number of benzene rings is 2. The Morgan fingerprint density at radius 1 is 1.00 bits per heavy atom. The van der Waals surface area contributed by atoms with Crippen LogP contribution in [0.25, 0.3) is 5.70 Å². The second-order valence-electron chi connectivity index (χ2n) is 9.85. The zero-order valence-electron chi connectivity index (χ0n) is 22.6. The summed E-state index contributed by atoms with van der Waals surface area (Å²) in [7, 11) is 0. The van der Waals surface area contributed by atoms with Crippen LogP contribution in [0.1, 0.15) is 100 Å². The summed E-state index contributed by atoms with van der Waals surface area (Å²) in [5.41, 5.74) is 2.74. The lowest BCUT2D eigenvalue weighted by Crippen LogP contribution is -2.35. The number of allylic oxidation sites excluding steroid dienone is 1. The van der Waals surface area contributed by atoms with Crippen molar-refractivity contribution < 1.29 is 17.6 Å². The monoisotopic (exact) mass is 529 g/mol. The molecule has 1 aliphatic carbocycles. The van der Waals surface area contributed by atoms with E-state index in [4.69, 9.17) is 0 Å². The molecule has 2 aromatic rings. The molecular formula is C31H39F4N3. The molecule has 0 bridgehead atoms. The van der Waals surface area contributed by atoms with E-state index in [1.165, 1.54) is 43.9 Å². The molecule has 4 rings (SSSR count). The van der Waals surface area contributed by atoms with Crippen molar-refractivity contribution in [3.8, 4) is 0 Å². The fraction of sp³-hybridized carbons (Fsp3) is 0.452. The highest BCUT2D eigenvalue weighted by atomic mass is 19.4. The van der Waals surface area contributed by atoms with E-state index >= 15 is 0 Å². The van der Waals surface area contributed by atoms with Gasteiger partial charge in [-0.15, -0.1) is 0 Å². The Kier molecular flexibility index (Phi) is 10.6. The van der Waals surface area contributed by atoms with Gasteiger partial charge in [0.2, 0.25) is 0 Å². The van der Waals surface area contributed by atoms with Crippen LogP contribution >= 0.6 is 0 Å². The number of halogens is 4. The molecule has 206 valence electrons. The summed E-state index contributed by atoms with van der Waals surface area (Å²) in [5.74, 6) is 0.153. The van der Waals surface area contributed by atoms with Crippen molar-refractivity contribution in [2.24, 2.45) is 4.99 Å². The van der Waals surface area contributed by atoms with E-state index in [9.17, 15) is 17.6 Å². The van der Waals surface area contributed by atoms with Crippen molar-refractivity contribution in [2.45, 2.75) is 90.9 Å². The molecule has 7 heteroatoms. The molecule has 0 saturated heterocycles. The number of amidine groups is 1. The number of hydrogen-bond acceptors (Lipinski definition) is 3. The minimum atomic E-state index is -4.48. The largest absolute Gasteiger partial charge is 0.416 e. The summed E-state index contributed by atoms with van der Waals surface area (Å²) >= 11 is 0. The lowest BCUT2D eigenvalue weighted by Gasteiger charge is -2.30. The molecule has 0 radical (unpaired) electrons. The Morgan fingerprint density at radius 2 is 1.68 bits per heavy atom.